The number of nitrogens with zero attached hydrogens (tertiary/aromatic N) is 3. The van der Waals surface area contributed by atoms with Crippen LogP contribution in [0.3, 0.4) is 0 Å². The van der Waals surface area contributed by atoms with Gasteiger partial charge in [0, 0.05) is 45.3 Å². The van der Waals surface area contributed by atoms with E-state index in [1.807, 2.05) is 51.1 Å². The maximum atomic E-state index is 12.7. The topological polar surface area (TPSA) is 88.3 Å². The summed E-state index contributed by atoms with van der Waals surface area (Å²) in [5.74, 6) is 0. The van der Waals surface area contributed by atoms with Gasteiger partial charge >= 0.3 is 12.2 Å². The first-order valence-electron chi connectivity index (χ1n) is 10.7. The number of carbonyl (C=O) groups is 2. The number of hydrogen-bond donors (Lipinski definition) is 1. The van der Waals surface area contributed by atoms with Crippen molar-refractivity contribution in [2.75, 3.05) is 39.3 Å². The Bertz CT molecular complexity index is 722. The highest BCUT2D eigenvalue weighted by molar-refractivity contribution is 5.69. The summed E-state index contributed by atoms with van der Waals surface area (Å²) in [4.78, 5) is 31.1. The molecule has 0 bridgehead atoms. The molecule has 0 saturated carbocycles. The Morgan fingerprint density at radius 2 is 1.80 bits per heavy atom. The molecular formula is C22H34N4O4. The van der Waals surface area contributed by atoms with Crippen LogP contribution in [-0.2, 0) is 16.1 Å². The van der Waals surface area contributed by atoms with Gasteiger partial charge in [0.1, 0.15) is 12.2 Å². The molecule has 2 unspecified atom stereocenters. The lowest BCUT2D eigenvalue weighted by atomic mass is 10.1. The maximum Gasteiger partial charge on any atom is 0.410 e. The number of carbonyl (C=O) groups excluding carboxylic acids is 2. The maximum absolute atomic E-state index is 12.7. The standard InChI is InChI=1S/C22H34N4O4/c1-22(2,3)30-21(28)26-10-9-18-14-25(12-11-24(18)15-19(26)13-23)20(27)29-16-17-7-5-4-6-8-17/h4-8,18-19H,9-16,23H2,1-3H3. The van der Waals surface area contributed by atoms with Gasteiger partial charge in [-0.3, -0.25) is 4.90 Å². The molecule has 2 aliphatic heterocycles. The lowest BCUT2D eigenvalue weighted by Gasteiger charge is -2.40. The van der Waals surface area contributed by atoms with E-state index < -0.39 is 5.60 Å². The van der Waals surface area contributed by atoms with Crippen LogP contribution < -0.4 is 5.73 Å². The van der Waals surface area contributed by atoms with Crippen LogP contribution in [0.2, 0.25) is 0 Å². The van der Waals surface area contributed by atoms with Crippen LogP contribution in [0.4, 0.5) is 9.59 Å². The van der Waals surface area contributed by atoms with Gasteiger partial charge in [0.15, 0.2) is 0 Å². The minimum Gasteiger partial charge on any atom is -0.445 e. The van der Waals surface area contributed by atoms with Crippen LogP contribution in [-0.4, -0.2) is 83.8 Å². The number of hydrogen-bond acceptors (Lipinski definition) is 6. The van der Waals surface area contributed by atoms with Gasteiger partial charge < -0.3 is 25.0 Å². The van der Waals surface area contributed by atoms with Crippen molar-refractivity contribution in [2.24, 2.45) is 5.73 Å². The smallest absolute Gasteiger partial charge is 0.410 e. The third-order valence-electron chi connectivity index (χ3n) is 5.56. The monoisotopic (exact) mass is 418 g/mol. The van der Waals surface area contributed by atoms with Crippen molar-refractivity contribution in [2.45, 2.75) is 51.5 Å². The van der Waals surface area contributed by atoms with Crippen molar-refractivity contribution >= 4 is 12.2 Å². The predicted molar refractivity (Wildman–Crippen MR) is 114 cm³/mol. The lowest BCUT2D eigenvalue weighted by molar-refractivity contribution is 0.0163. The van der Waals surface area contributed by atoms with Crippen LogP contribution in [0.5, 0.6) is 0 Å². The van der Waals surface area contributed by atoms with Crippen molar-refractivity contribution in [1.29, 1.82) is 0 Å². The van der Waals surface area contributed by atoms with E-state index in [2.05, 4.69) is 4.90 Å². The molecule has 166 valence electrons. The predicted octanol–water partition coefficient (Wildman–Crippen LogP) is 2.28. The van der Waals surface area contributed by atoms with Crippen LogP contribution in [0.1, 0.15) is 32.8 Å². The van der Waals surface area contributed by atoms with E-state index in [-0.39, 0.29) is 30.9 Å². The van der Waals surface area contributed by atoms with Gasteiger partial charge in [0.05, 0.1) is 6.04 Å². The molecule has 2 saturated heterocycles. The average molecular weight is 419 g/mol. The van der Waals surface area contributed by atoms with Gasteiger partial charge in [-0.05, 0) is 32.8 Å². The van der Waals surface area contributed by atoms with Gasteiger partial charge in [0.25, 0.3) is 0 Å². The zero-order valence-corrected chi connectivity index (χ0v) is 18.3. The summed E-state index contributed by atoms with van der Waals surface area (Å²) in [7, 11) is 0. The summed E-state index contributed by atoms with van der Waals surface area (Å²) in [5, 5.41) is 0. The van der Waals surface area contributed by atoms with E-state index >= 15 is 0 Å². The second-order valence-corrected chi connectivity index (χ2v) is 8.99. The molecule has 2 heterocycles. The van der Waals surface area contributed by atoms with Crippen molar-refractivity contribution in [3.05, 3.63) is 35.9 Å². The van der Waals surface area contributed by atoms with Crippen molar-refractivity contribution in [3.8, 4) is 0 Å². The minimum atomic E-state index is -0.547. The van der Waals surface area contributed by atoms with Crippen molar-refractivity contribution in [1.82, 2.24) is 14.7 Å². The Morgan fingerprint density at radius 1 is 1.07 bits per heavy atom. The Labute approximate surface area is 178 Å². The molecule has 8 nitrogen and oxygen atoms in total. The second kappa shape index (κ2) is 9.66. The number of nitrogens with two attached hydrogens (primary N) is 1. The molecule has 0 spiro atoms. The van der Waals surface area contributed by atoms with E-state index in [1.54, 1.807) is 9.80 Å². The van der Waals surface area contributed by atoms with Crippen LogP contribution in [0.15, 0.2) is 30.3 Å². The largest absolute Gasteiger partial charge is 0.445 e. The molecule has 1 aromatic rings. The Morgan fingerprint density at radius 3 is 2.47 bits per heavy atom. The summed E-state index contributed by atoms with van der Waals surface area (Å²) in [5.41, 5.74) is 6.42. The normalized spacial score (nSPS) is 22.8. The summed E-state index contributed by atoms with van der Waals surface area (Å²) < 4.78 is 11.1. The molecule has 0 aromatic heterocycles. The summed E-state index contributed by atoms with van der Waals surface area (Å²) in [6.45, 7) is 9.42. The number of fused-ring (bicyclic) bond motifs is 1. The number of benzene rings is 1. The lowest BCUT2D eigenvalue weighted by Crippen LogP contribution is -2.56. The number of ether oxygens (including phenoxy) is 2. The first-order valence-corrected chi connectivity index (χ1v) is 10.7. The van der Waals surface area contributed by atoms with E-state index in [0.717, 1.165) is 18.5 Å². The van der Waals surface area contributed by atoms with Gasteiger partial charge in [-0.15, -0.1) is 0 Å². The molecule has 0 radical (unpaired) electrons. The number of amides is 2. The third kappa shape index (κ3) is 5.86. The highest BCUT2D eigenvalue weighted by atomic mass is 16.6. The van der Waals surface area contributed by atoms with Gasteiger partial charge in [-0.1, -0.05) is 30.3 Å². The Hall–Kier alpha value is -2.32. The van der Waals surface area contributed by atoms with E-state index in [9.17, 15) is 9.59 Å². The highest BCUT2D eigenvalue weighted by Gasteiger charge is 2.38. The van der Waals surface area contributed by atoms with E-state index in [0.29, 0.717) is 32.7 Å². The molecular weight excluding hydrogens is 384 g/mol. The molecule has 2 fully saturated rings. The fraction of sp³-hybridized carbons (Fsp3) is 0.636. The summed E-state index contributed by atoms with van der Waals surface area (Å²) in [6.07, 6.45) is 0.150. The molecule has 3 rings (SSSR count). The first-order chi connectivity index (χ1) is 14.3. The van der Waals surface area contributed by atoms with Crippen molar-refractivity contribution in [3.63, 3.8) is 0 Å². The van der Waals surface area contributed by atoms with Gasteiger partial charge in [-0.2, -0.15) is 0 Å². The Kier molecular flexibility index (Phi) is 7.20. The SMILES string of the molecule is CC(C)(C)OC(=O)N1CCC2CN(C(=O)OCc3ccccc3)CCN2CC1CN. The third-order valence-corrected chi connectivity index (χ3v) is 5.56. The quantitative estimate of drug-likeness (QED) is 0.810. The van der Waals surface area contributed by atoms with Crippen molar-refractivity contribution < 1.29 is 19.1 Å². The summed E-state index contributed by atoms with van der Waals surface area (Å²) >= 11 is 0. The molecule has 1 aromatic carbocycles. The van der Waals surface area contributed by atoms with Crippen LogP contribution in [0, 0.1) is 0 Å². The zero-order valence-electron chi connectivity index (χ0n) is 18.3. The fourth-order valence-electron chi connectivity index (χ4n) is 3.99. The highest BCUT2D eigenvalue weighted by Crippen LogP contribution is 2.22. The Balaban J connectivity index is 1.58. The molecule has 30 heavy (non-hydrogen) atoms. The van der Waals surface area contributed by atoms with Gasteiger partial charge in [0.2, 0.25) is 0 Å². The van der Waals surface area contributed by atoms with E-state index in [1.165, 1.54) is 0 Å². The minimum absolute atomic E-state index is 0.0959. The molecule has 2 aliphatic rings. The molecule has 2 atom stereocenters. The average Bonchev–Trinajstić information content (AvgIpc) is 2.90. The van der Waals surface area contributed by atoms with E-state index in [4.69, 9.17) is 15.2 Å². The second-order valence-electron chi connectivity index (χ2n) is 8.99. The van der Waals surface area contributed by atoms with Crippen LogP contribution in [0.25, 0.3) is 0 Å². The van der Waals surface area contributed by atoms with Gasteiger partial charge in [-0.25, -0.2) is 9.59 Å². The number of rotatable bonds is 3. The molecule has 2 amide bonds. The fourth-order valence-corrected chi connectivity index (χ4v) is 3.99. The zero-order chi connectivity index (χ0) is 21.7. The molecule has 2 N–H and O–H groups in total. The first kappa shape index (κ1) is 22.4. The molecule has 0 aliphatic carbocycles. The number of piperazine rings is 1. The molecule has 8 heteroatoms. The summed E-state index contributed by atoms with van der Waals surface area (Å²) in [6, 6.07) is 9.75. The van der Waals surface area contributed by atoms with Crippen LogP contribution >= 0.6 is 0 Å².